The van der Waals surface area contributed by atoms with Crippen molar-refractivity contribution < 1.29 is 9.84 Å². The van der Waals surface area contributed by atoms with Gasteiger partial charge in [0.05, 0.1) is 24.5 Å². The summed E-state index contributed by atoms with van der Waals surface area (Å²) in [5, 5.41) is 14.9. The lowest BCUT2D eigenvalue weighted by Gasteiger charge is -2.18. The maximum Gasteiger partial charge on any atom is 0.180 e. The van der Waals surface area contributed by atoms with Gasteiger partial charge in [-0.05, 0) is 17.9 Å². The minimum atomic E-state index is -0.0546. The summed E-state index contributed by atoms with van der Waals surface area (Å²) in [4.78, 5) is 12.7. The Morgan fingerprint density at radius 1 is 1.16 bits per heavy atom. The highest BCUT2D eigenvalue weighted by Gasteiger charge is 2.12. The van der Waals surface area contributed by atoms with E-state index in [1.807, 2.05) is 30.5 Å². The van der Waals surface area contributed by atoms with E-state index in [1.165, 1.54) is 6.33 Å². The number of nitrogens with zero attached hydrogens (tertiary/aromatic N) is 3. The molecular formula is C19H22N4O2. The second-order valence-corrected chi connectivity index (χ2v) is 5.86. The lowest BCUT2D eigenvalue weighted by Crippen LogP contribution is -2.24. The van der Waals surface area contributed by atoms with Crippen molar-refractivity contribution in [3.63, 3.8) is 0 Å². The summed E-state index contributed by atoms with van der Waals surface area (Å²) in [5.41, 5.74) is 0.834. The van der Waals surface area contributed by atoms with Crippen LogP contribution < -0.4 is 10.1 Å². The van der Waals surface area contributed by atoms with Gasteiger partial charge in [0.2, 0.25) is 0 Å². The lowest BCUT2D eigenvalue weighted by molar-refractivity contribution is 0.266. The van der Waals surface area contributed by atoms with Crippen LogP contribution >= 0.6 is 0 Å². The highest BCUT2D eigenvalue weighted by atomic mass is 16.5. The third-order valence-electron chi connectivity index (χ3n) is 3.94. The number of fused-ring (bicyclic) bond motifs is 1. The molecule has 3 aromatic rings. The fourth-order valence-corrected chi connectivity index (χ4v) is 2.64. The molecule has 0 spiro atoms. The van der Waals surface area contributed by atoms with E-state index in [4.69, 9.17) is 4.74 Å². The second kappa shape index (κ2) is 8.39. The molecule has 0 amide bonds. The third kappa shape index (κ3) is 4.42. The molecule has 130 valence electrons. The number of hydrogen-bond acceptors (Lipinski definition) is 6. The van der Waals surface area contributed by atoms with Gasteiger partial charge in [-0.3, -0.25) is 4.98 Å². The van der Waals surface area contributed by atoms with Crippen LogP contribution in [0.4, 0.5) is 5.82 Å². The Bertz CT molecular complexity index is 825. The Morgan fingerprint density at radius 2 is 2.00 bits per heavy atom. The molecule has 2 aromatic heterocycles. The topological polar surface area (TPSA) is 80.2 Å². The number of anilines is 1. The molecule has 1 aromatic carbocycles. The smallest absolute Gasteiger partial charge is 0.180 e. The molecule has 0 saturated heterocycles. The van der Waals surface area contributed by atoms with Crippen LogP contribution in [0, 0.1) is 0 Å². The Labute approximate surface area is 146 Å². The Balaban J connectivity index is 1.71. The van der Waals surface area contributed by atoms with Gasteiger partial charge in [-0.1, -0.05) is 37.6 Å². The van der Waals surface area contributed by atoms with E-state index < -0.39 is 0 Å². The van der Waals surface area contributed by atoms with Gasteiger partial charge in [-0.25, -0.2) is 9.97 Å². The molecule has 0 fully saturated rings. The summed E-state index contributed by atoms with van der Waals surface area (Å²) in [6, 6.07) is 10.0. The van der Waals surface area contributed by atoms with Gasteiger partial charge < -0.3 is 15.2 Å². The van der Waals surface area contributed by atoms with E-state index in [9.17, 15) is 5.11 Å². The minimum Gasteiger partial charge on any atom is -0.482 e. The summed E-state index contributed by atoms with van der Waals surface area (Å²) >= 11 is 0. The highest BCUT2D eigenvalue weighted by Crippen LogP contribution is 2.23. The molecule has 0 aliphatic rings. The molecule has 0 bridgehead atoms. The first-order valence-electron chi connectivity index (χ1n) is 8.44. The number of hydrogen-bond donors (Lipinski definition) is 2. The van der Waals surface area contributed by atoms with E-state index in [0.29, 0.717) is 18.2 Å². The molecular weight excluding hydrogens is 316 g/mol. The van der Waals surface area contributed by atoms with Gasteiger partial charge in [-0.2, -0.15) is 0 Å². The number of rotatable bonds is 8. The molecule has 25 heavy (non-hydrogen) atoms. The first-order chi connectivity index (χ1) is 12.3. The van der Waals surface area contributed by atoms with E-state index >= 15 is 0 Å². The number of benzene rings is 1. The predicted molar refractivity (Wildman–Crippen MR) is 97.5 cm³/mol. The molecule has 0 aliphatic heterocycles. The Kier molecular flexibility index (Phi) is 5.74. The SMILES string of the molecule is CCCC(CO)Nc1ncncc1OCc1cc2ccccc2cn1. The fraction of sp³-hybridized carbons (Fsp3) is 0.316. The molecule has 1 atom stereocenters. The Hall–Kier alpha value is -2.73. The largest absolute Gasteiger partial charge is 0.482 e. The molecule has 2 heterocycles. The number of nitrogens with one attached hydrogen (secondary N) is 1. The van der Waals surface area contributed by atoms with Crippen molar-refractivity contribution in [1.29, 1.82) is 0 Å². The standard InChI is InChI=1S/C19H22N4O2/c1-2-5-16(11-24)23-19-18(10-20-13-22-19)25-12-17-8-14-6-3-4-7-15(14)9-21-17/h3-4,6-10,13,16,24H,2,5,11-12H2,1H3,(H,20,22,23). The second-order valence-electron chi connectivity index (χ2n) is 5.86. The average Bonchev–Trinajstić information content (AvgIpc) is 2.66. The van der Waals surface area contributed by atoms with Crippen LogP contribution in [0.2, 0.25) is 0 Å². The van der Waals surface area contributed by atoms with Crippen molar-refractivity contribution in [2.45, 2.75) is 32.4 Å². The summed E-state index contributed by atoms with van der Waals surface area (Å²) in [6.07, 6.45) is 6.75. The third-order valence-corrected chi connectivity index (χ3v) is 3.94. The zero-order valence-electron chi connectivity index (χ0n) is 14.2. The highest BCUT2D eigenvalue weighted by molar-refractivity contribution is 5.81. The van der Waals surface area contributed by atoms with Crippen molar-refractivity contribution in [2.24, 2.45) is 0 Å². The van der Waals surface area contributed by atoms with Crippen LogP contribution in [-0.4, -0.2) is 32.7 Å². The summed E-state index contributed by atoms with van der Waals surface area (Å²) < 4.78 is 5.86. The monoisotopic (exact) mass is 338 g/mol. The number of pyridine rings is 1. The first kappa shape index (κ1) is 17.1. The van der Waals surface area contributed by atoms with Crippen LogP contribution in [0.5, 0.6) is 5.75 Å². The van der Waals surface area contributed by atoms with E-state index in [-0.39, 0.29) is 12.6 Å². The van der Waals surface area contributed by atoms with Gasteiger partial charge >= 0.3 is 0 Å². The van der Waals surface area contributed by atoms with Crippen molar-refractivity contribution >= 4 is 16.6 Å². The molecule has 6 heteroatoms. The first-order valence-corrected chi connectivity index (χ1v) is 8.44. The van der Waals surface area contributed by atoms with Gasteiger partial charge in [0, 0.05) is 11.6 Å². The maximum absolute atomic E-state index is 9.46. The number of ether oxygens (including phenoxy) is 1. The number of aliphatic hydroxyl groups excluding tert-OH is 1. The lowest BCUT2D eigenvalue weighted by atomic mass is 10.1. The zero-order chi connectivity index (χ0) is 17.5. The van der Waals surface area contributed by atoms with Crippen molar-refractivity contribution in [2.75, 3.05) is 11.9 Å². The minimum absolute atomic E-state index is 0.0452. The van der Waals surface area contributed by atoms with Crippen LogP contribution in [0.25, 0.3) is 10.8 Å². The molecule has 6 nitrogen and oxygen atoms in total. The fourth-order valence-electron chi connectivity index (χ4n) is 2.64. The van der Waals surface area contributed by atoms with Crippen molar-refractivity contribution in [3.8, 4) is 5.75 Å². The molecule has 0 aliphatic carbocycles. The zero-order valence-corrected chi connectivity index (χ0v) is 14.2. The van der Waals surface area contributed by atoms with Gasteiger partial charge in [-0.15, -0.1) is 0 Å². The van der Waals surface area contributed by atoms with Crippen molar-refractivity contribution in [3.05, 3.63) is 54.7 Å². The molecule has 0 radical (unpaired) electrons. The van der Waals surface area contributed by atoms with Crippen LogP contribution in [0.3, 0.4) is 0 Å². The van der Waals surface area contributed by atoms with Crippen LogP contribution in [0.15, 0.2) is 49.1 Å². The average molecular weight is 338 g/mol. The molecule has 0 saturated carbocycles. The molecule has 1 unspecified atom stereocenters. The van der Waals surface area contributed by atoms with Gasteiger partial charge in [0.15, 0.2) is 11.6 Å². The predicted octanol–water partition coefficient (Wildman–Crippen LogP) is 3.18. The summed E-state index contributed by atoms with van der Waals surface area (Å²) in [6.45, 7) is 2.45. The summed E-state index contributed by atoms with van der Waals surface area (Å²) in [7, 11) is 0. The quantitative estimate of drug-likeness (QED) is 0.657. The van der Waals surface area contributed by atoms with Crippen LogP contribution in [-0.2, 0) is 6.61 Å². The maximum atomic E-state index is 9.46. The van der Waals surface area contributed by atoms with Crippen LogP contribution in [0.1, 0.15) is 25.5 Å². The Morgan fingerprint density at radius 3 is 2.80 bits per heavy atom. The van der Waals surface area contributed by atoms with Crippen molar-refractivity contribution in [1.82, 2.24) is 15.0 Å². The molecule has 2 N–H and O–H groups in total. The molecule has 3 rings (SSSR count). The van der Waals surface area contributed by atoms with Gasteiger partial charge in [0.1, 0.15) is 12.9 Å². The number of aromatic nitrogens is 3. The van der Waals surface area contributed by atoms with E-state index in [0.717, 1.165) is 29.3 Å². The van der Waals surface area contributed by atoms with E-state index in [2.05, 4.69) is 33.3 Å². The van der Waals surface area contributed by atoms with Gasteiger partial charge in [0.25, 0.3) is 0 Å². The summed E-state index contributed by atoms with van der Waals surface area (Å²) in [5.74, 6) is 1.13. The number of aliphatic hydroxyl groups is 1. The normalized spacial score (nSPS) is 12.1. The van der Waals surface area contributed by atoms with E-state index in [1.54, 1.807) is 6.20 Å².